The van der Waals surface area contributed by atoms with Crippen molar-refractivity contribution >= 4 is 27.7 Å². The number of urea groups is 1. The molecule has 27 heavy (non-hydrogen) atoms. The third-order valence-electron chi connectivity index (χ3n) is 5.24. The Morgan fingerprint density at radius 1 is 1.22 bits per heavy atom. The van der Waals surface area contributed by atoms with E-state index in [2.05, 4.69) is 5.32 Å². The van der Waals surface area contributed by atoms with Gasteiger partial charge < -0.3 is 11.1 Å². The molecular weight excluding hydrogens is 370 g/mol. The standard InChI is InChI=1S/C18H23N3O5S/c1-18(14-6-5-12-3-2-4-13(12)11-14)16(23)21(17(24)20-18)8-10-27(25,26)9-7-15(19)22/h5-6,11H,2-4,7-10H2,1H3,(H2,19,22)(H,20,24)/t18-/m1/s1. The van der Waals surface area contributed by atoms with Gasteiger partial charge in [0.05, 0.1) is 11.5 Å². The summed E-state index contributed by atoms with van der Waals surface area (Å²) in [5, 5.41) is 2.69. The molecule has 1 atom stereocenters. The van der Waals surface area contributed by atoms with Gasteiger partial charge in [-0.1, -0.05) is 18.2 Å². The van der Waals surface area contributed by atoms with Crippen molar-refractivity contribution < 1.29 is 22.8 Å². The summed E-state index contributed by atoms with van der Waals surface area (Å²) >= 11 is 0. The molecule has 4 amide bonds. The number of fused-ring (bicyclic) bond motifs is 1. The molecule has 0 aromatic heterocycles. The van der Waals surface area contributed by atoms with Crippen molar-refractivity contribution in [3.8, 4) is 0 Å². The number of nitrogens with zero attached hydrogens (tertiary/aromatic N) is 1. The van der Waals surface area contributed by atoms with Crippen molar-refractivity contribution in [2.75, 3.05) is 18.1 Å². The van der Waals surface area contributed by atoms with Crippen molar-refractivity contribution in [2.45, 2.75) is 38.1 Å². The van der Waals surface area contributed by atoms with Crippen LogP contribution in [0, 0.1) is 0 Å². The number of nitrogens with one attached hydrogen (secondary N) is 1. The molecule has 0 spiro atoms. The molecule has 1 aliphatic carbocycles. The van der Waals surface area contributed by atoms with Crippen LogP contribution in [0.1, 0.15) is 36.5 Å². The highest BCUT2D eigenvalue weighted by molar-refractivity contribution is 7.91. The molecule has 1 aromatic rings. The molecule has 1 heterocycles. The van der Waals surface area contributed by atoms with Crippen LogP contribution in [0.4, 0.5) is 4.79 Å². The van der Waals surface area contributed by atoms with Crippen LogP contribution in [0.15, 0.2) is 18.2 Å². The van der Waals surface area contributed by atoms with Crippen LogP contribution in [-0.4, -0.2) is 49.2 Å². The minimum absolute atomic E-state index is 0.258. The number of carbonyl (C=O) groups excluding carboxylic acids is 3. The molecule has 0 radical (unpaired) electrons. The highest BCUT2D eigenvalue weighted by Gasteiger charge is 2.49. The van der Waals surface area contributed by atoms with Crippen LogP contribution in [0.3, 0.4) is 0 Å². The van der Waals surface area contributed by atoms with Crippen molar-refractivity contribution in [2.24, 2.45) is 5.73 Å². The number of carbonyl (C=O) groups is 3. The van der Waals surface area contributed by atoms with E-state index in [9.17, 15) is 22.8 Å². The van der Waals surface area contributed by atoms with E-state index < -0.39 is 44.7 Å². The van der Waals surface area contributed by atoms with Gasteiger partial charge in [-0.05, 0) is 42.9 Å². The molecule has 0 unspecified atom stereocenters. The summed E-state index contributed by atoms with van der Waals surface area (Å²) in [5.41, 5.74) is 6.89. The summed E-state index contributed by atoms with van der Waals surface area (Å²) in [7, 11) is -3.60. The third-order valence-corrected chi connectivity index (χ3v) is 6.87. The van der Waals surface area contributed by atoms with E-state index in [1.807, 2.05) is 18.2 Å². The summed E-state index contributed by atoms with van der Waals surface area (Å²) in [6.07, 6.45) is 2.76. The first kappa shape index (κ1) is 19.3. The zero-order chi connectivity index (χ0) is 19.8. The van der Waals surface area contributed by atoms with E-state index in [1.54, 1.807) is 6.92 Å². The summed E-state index contributed by atoms with van der Waals surface area (Å²) in [4.78, 5) is 36.9. The average Bonchev–Trinajstić information content (AvgIpc) is 3.15. The average molecular weight is 393 g/mol. The Labute approximate surface area is 158 Å². The Morgan fingerprint density at radius 3 is 2.63 bits per heavy atom. The largest absolute Gasteiger partial charge is 0.370 e. The maximum atomic E-state index is 12.9. The van der Waals surface area contributed by atoms with Gasteiger partial charge in [0.25, 0.3) is 5.91 Å². The number of nitrogens with two attached hydrogens (primary N) is 1. The minimum Gasteiger partial charge on any atom is -0.370 e. The predicted octanol–water partition coefficient (Wildman–Crippen LogP) is 0.233. The van der Waals surface area contributed by atoms with Crippen molar-refractivity contribution in [3.63, 3.8) is 0 Å². The van der Waals surface area contributed by atoms with E-state index in [4.69, 9.17) is 5.73 Å². The maximum absolute atomic E-state index is 12.9. The van der Waals surface area contributed by atoms with Gasteiger partial charge in [0.2, 0.25) is 5.91 Å². The van der Waals surface area contributed by atoms with Gasteiger partial charge in [-0.25, -0.2) is 13.2 Å². The van der Waals surface area contributed by atoms with E-state index in [0.717, 1.165) is 24.2 Å². The SMILES string of the molecule is C[C@]1(c2ccc3c(c2)CCC3)NC(=O)N(CCS(=O)(=O)CCC(N)=O)C1=O. The lowest BCUT2D eigenvalue weighted by atomic mass is 9.90. The summed E-state index contributed by atoms with van der Waals surface area (Å²) in [5.74, 6) is -1.98. The molecule has 9 heteroatoms. The Kier molecular flexibility index (Phi) is 4.98. The Balaban J connectivity index is 1.74. The lowest BCUT2D eigenvalue weighted by molar-refractivity contribution is -0.130. The lowest BCUT2D eigenvalue weighted by Gasteiger charge is -2.23. The molecule has 3 N–H and O–H groups in total. The number of amides is 4. The van der Waals surface area contributed by atoms with Crippen LogP contribution < -0.4 is 11.1 Å². The van der Waals surface area contributed by atoms with Crippen molar-refractivity contribution in [1.82, 2.24) is 10.2 Å². The van der Waals surface area contributed by atoms with Gasteiger partial charge >= 0.3 is 6.03 Å². The number of benzene rings is 1. The van der Waals surface area contributed by atoms with E-state index >= 15 is 0 Å². The fourth-order valence-corrected chi connectivity index (χ4v) is 4.74. The Bertz CT molecular complexity index is 912. The fourth-order valence-electron chi connectivity index (χ4n) is 3.57. The van der Waals surface area contributed by atoms with Crippen LogP contribution in [0.2, 0.25) is 0 Å². The fraction of sp³-hybridized carbons (Fsp3) is 0.500. The van der Waals surface area contributed by atoms with E-state index in [1.165, 1.54) is 11.1 Å². The quantitative estimate of drug-likeness (QED) is 0.641. The highest BCUT2D eigenvalue weighted by atomic mass is 32.2. The van der Waals surface area contributed by atoms with Crippen LogP contribution >= 0.6 is 0 Å². The van der Waals surface area contributed by atoms with Gasteiger partial charge in [0.1, 0.15) is 5.54 Å². The second-order valence-electron chi connectivity index (χ2n) is 7.22. The summed E-state index contributed by atoms with van der Waals surface area (Å²) in [6.45, 7) is 1.37. The van der Waals surface area contributed by atoms with Crippen molar-refractivity contribution in [1.29, 1.82) is 0 Å². The molecule has 146 valence electrons. The predicted molar refractivity (Wildman–Crippen MR) is 98.5 cm³/mol. The molecule has 0 bridgehead atoms. The molecular formula is C18H23N3O5S. The smallest absolute Gasteiger partial charge is 0.325 e. The maximum Gasteiger partial charge on any atom is 0.325 e. The molecule has 1 aliphatic heterocycles. The number of hydrogen-bond donors (Lipinski definition) is 2. The van der Waals surface area contributed by atoms with E-state index in [-0.39, 0.29) is 13.0 Å². The van der Waals surface area contributed by atoms with Gasteiger partial charge in [-0.15, -0.1) is 0 Å². The molecule has 1 fully saturated rings. The van der Waals surface area contributed by atoms with Gasteiger partial charge in [0.15, 0.2) is 9.84 Å². The minimum atomic E-state index is -3.60. The number of primary amides is 1. The number of hydrogen-bond acceptors (Lipinski definition) is 5. The van der Waals surface area contributed by atoms with Crippen LogP contribution in [-0.2, 0) is 37.8 Å². The molecule has 0 saturated carbocycles. The Hall–Kier alpha value is -2.42. The second kappa shape index (κ2) is 6.95. The van der Waals surface area contributed by atoms with Gasteiger partial charge in [-0.3, -0.25) is 14.5 Å². The number of rotatable bonds is 7. The molecule has 8 nitrogen and oxygen atoms in total. The van der Waals surface area contributed by atoms with Gasteiger partial charge in [-0.2, -0.15) is 0 Å². The highest BCUT2D eigenvalue weighted by Crippen LogP contribution is 2.32. The first-order valence-corrected chi connectivity index (χ1v) is 10.7. The Morgan fingerprint density at radius 2 is 1.93 bits per heavy atom. The zero-order valence-electron chi connectivity index (χ0n) is 15.2. The molecule has 3 rings (SSSR count). The number of imide groups is 1. The van der Waals surface area contributed by atoms with Gasteiger partial charge in [0, 0.05) is 13.0 Å². The number of sulfone groups is 1. The topological polar surface area (TPSA) is 127 Å². The normalized spacial score (nSPS) is 22.0. The van der Waals surface area contributed by atoms with E-state index in [0.29, 0.717) is 5.56 Å². The first-order chi connectivity index (χ1) is 12.6. The van der Waals surface area contributed by atoms with Crippen LogP contribution in [0.25, 0.3) is 0 Å². The number of aryl methyl sites for hydroxylation is 2. The molecule has 1 aromatic carbocycles. The summed E-state index contributed by atoms with van der Waals surface area (Å²) < 4.78 is 24.0. The lowest BCUT2D eigenvalue weighted by Crippen LogP contribution is -2.41. The second-order valence-corrected chi connectivity index (χ2v) is 9.52. The zero-order valence-corrected chi connectivity index (χ0v) is 16.0. The monoisotopic (exact) mass is 393 g/mol. The van der Waals surface area contributed by atoms with Crippen LogP contribution in [0.5, 0.6) is 0 Å². The third kappa shape index (κ3) is 3.83. The molecule has 1 saturated heterocycles. The summed E-state index contributed by atoms with van der Waals surface area (Å²) in [6, 6.07) is 5.16. The van der Waals surface area contributed by atoms with Crippen molar-refractivity contribution in [3.05, 3.63) is 34.9 Å². The first-order valence-electron chi connectivity index (χ1n) is 8.87. The molecule has 2 aliphatic rings.